The fourth-order valence-corrected chi connectivity index (χ4v) is 5.28. The van der Waals surface area contributed by atoms with Crippen molar-refractivity contribution in [2.24, 2.45) is 0 Å². The van der Waals surface area contributed by atoms with Gasteiger partial charge in [0, 0.05) is 18.6 Å². The highest BCUT2D eigenvalue weighted by atomic mass is 16.5. The minimum absolute atomic E-state index is 0.330. The first kappa shape index (κ1) is 25.8. The maximum Gasteiger partial charge on any atom is 0.127 e. The molecule has 0 aromatic heterocycles. The largest absolute Gasteiger partial charge is 0.493 e. The summed E-state index contributed by atoms with van der Waals surface area (Å²) in [6.07, 6.45) is 18.8. The van der Waals surface area contributed by atoms with Crippen molar-refractivity contribution >= 4 is 0 Å². The molecular weight excluding hydrogens is 404 g/mol. The van der Waals surface area contributed by atoms with Crippen LogP contribution in [-0.2, 0) is 4.74 Å². The molecule has 2 aromatic rings. The van der Waals surface area contributed by atoms with Gasteiger partial charge in [-0.15, -0.1) is 0 Å². The molecule has 1 aliphatic carbocycles. The van der Waals surface area contributed by atoms with E-state index in [-0.39, 0.29) is 0 Å². The molecule has 0 heterocycles. The van der Waals surface area contributed by atoms with Crippen LogP contribution in [0.15, 0.2) is 48.5 Å². The molecule has 0 N–H and O–H groups in total. The average Bonchev–Trinajstić information content (AvgIpc) is 2.87. The summed E-state index contributed by atoms with van der Waals surface area (Å²) in [5, 5.41) is 0. The molecule has 2 heteroatoms. The van der Waals surface area contributed by atoms with Crippen molar-refractivity contribution < 1.29 is 9.47 Å². The molecule has 2 nitrogen and oxygen atoms in total. The van der Waals surface area contributed by atoms with Crippen LogP contribution in [-0.4, -0.2) is 19.8 Å². The first-order valence-electron chi connectivity index (χ1n) is 13.7. The second-order valence-corrected chi connectivity index (χ2v) is 9.82. The molecule has 0 radical (unpaired) electrons. The summed E-state index contributed by atoms with van der Waals surface area (Å²) in [5.74, 6) is 1.52. The third-order valence-corrected chi connectivity index (χ3v) is 7.28. The molecule has 2 atom stereocenters. The summed E-state index contributed by atoms with van der Waals surface area (Å²) >= 11 is 0. The van der Waals surface area contributed by atoms with E-state index in [4.69, 9.17) is 9.47 Å². The van der Waals surface area contributed by atoms with Gasteiger partial charge in [0.15, 0.2) is 0 Å². The monoisotopic (exact) mass is 450 g/mol. The molecule has 0 unspecified atom stereocenters. The number of rotatable bonds is 15. The van der Waals surface area contributed by atoms with Gasteiger partial charge in [0.1, 0.15) is 5.75 Å². The molecular formula is C31H46O2. The fraction of sp³-hybridized carbons (Fsp3) is 0.613. The van der Waals surface area contributed by atoms with Crippen LogP contribution in [0.5, 0.6) is 5.75 Å². The van der Waals surface area contributed by atoms with E-state index in [1.807, 2.05) is 7.11 Å². The van der Waals surface area contributed by atoms with E-state index in [2.05, 4.69) is 55.5 Å². The SMILES string of the molecule is CCCCCCCCCCCCOc1cc([C@H]2CCCC[C@@H]2OC)ccc1-c1ccccc1. The van der Waals surface area contributed by atoms with Gasteiger partial charge in [0.05, 0.1) is 12.7 Å². The smallest absolute Gasteiger partial charge is 0.127 e. The topological polar surface area (TPSA) is 18.5 Å². The summed E-state index contributed by atoms with van der Waals surface area (Å²) in [5.41, 5.74) is 3.81. The van der Waals surface area contributed by atoms with Crippen LogP contribution in [0.25, 0.3) is 11.1 Å². The number of hydrogen-bond donors (Lipinski definition) is 0. The number of ether oxygens (including phenoxy) is 2. The molecule has 0 spiro atoms. The third-order valence-electron chi connectivity index (χ3n) is 7.28. The molecule has 1 fully saturated rings. The lowest BCUT2D eigenvalue weighted by atomic mass is 9.81. The van der Waals surface area contributed by atoms with Crippen molar-refractivity contribution in [2.45, 2.75) is 109 Å². The highest BCUT2D eigenvalue weighted by molar-refractivity contribution is 5.71. The van der Waals surface area contributed by atoms with E-state index in [9.17, 15) is 0 Å². The van der Waals surface area contributed by atoms with Gasteiger partial charge in [-0.2, -0.15) is 0 Å². The van der Waals surface area contributed by atoms with Gasteiger partial charge in [0.25, 0.3) is 0 Å². The highest BCUT2D eigenvalue weighted by Gasteiger charge is 2.27. The fourth-order valence-electron chi connectivity index (χ4n) is 5.28. The van der Waals surface area contributed by atoms with E-state index < -0.39 is 0 Å². The molecule has 2 aromatic carbocycles. The van der Waals surface area contributed by atoms with Gasteiger partial charge >= 0.3 is 0 Å². The van der Waals surface area contributed by atoms with Crippen LogP contribution in [0.1, 0.15) is 108 Å². The molecule has 0 saturated heterocycles. The number of hydrogen-bond acceptors (Lipinski definition) is 2. The molecule has 0 bridgehead atoms. The van der Waals surface area contributed by atoms with Gasteiger partial charge in [0.2, 0.25) is 0 Å². The van der Waals surface area contributed by atoms with Crippen molar-refractivity contribution in [3.8, 4) is 16.9 Å². The van der Waals surface area contributed by atoms with Gasteiger partial charge in [-0.1, -0.05) is 120 Å². The lowest BCUT2D eigenvalue weighted by Gasteiger charge is -2.31. The molecule has 0 aliphatic heterocycles. The van der Waals surface area contributed by atoms with Crippen LogP contribution in [0.3, 0.4) is 0 Å². The van der Waals surface area contributed by atoms with Gasteiger partial charge in [-0.25, -0.2) is 0 Å². The minimum Gasteiger partial charge on any atom is -0.493 e. The molecule has 0 amide bonds. The predicted molar refractivity (Wildman–Crippen MR) is 141 cm³/mol. The lowest BCUT2D eigenvalue weighted by Crippen LogP contribution is -2.24. The van der Waals surface area contributed by atoms with Gasteiger partial charge < -0.3 is 9.47 Å². The first-order chi connectivity index (χ1) is 16.3. The Morgan fingerprint density at radius 1 is 0.758 bits per heavy atom. The second-order valence-electron chi connectivity index (χ2n) is 9.82. The zero-order chi connectivity index (χ0) is 23.1. The Hall–Kier alpha value is -1.80. The van der Waals surface area contributed by atoms with Crippen molar-refractivity contribution in [1.82, 2.24) is 0 Å². The summed E-state index contributed by atoms with van der Waals surface area (Å²) in [6.45, 7) is 3.09. The molecule has 182 valence electrons. The Balaban J connectivity index is 1.53. The number of unbranched alkanes of at least 4 members (excludes halogenated alkanes) is 9. The Bertz CT molecular complexity index is 770. The Labute approximate surface area is 203 Å². The molecule has 1 aliphatic rings. The van der Waals surface area contributed by atoms with Crippen LogP contribution in [0.4, 0.5) is 0 Å². The van der Waals surface area contributed by atoms with E-state index in [0.29, 0.717) is 12.0 Å². The van der Waals surface area contributed by atoms with E-state index in [1.165, 1.54) is 93.7 Å². The predicted octanol–water partition coefficient (Wildman–Crippen LogP) is 9.33. The van der Waals surface area contributed by atoms with E-state index in [1.54, 1.807) is 0 Å². The maximum atomic E-state index is 6.42. The number of benzene rings is 2. The minimum atomic E-state index is 0.330. The zero-order valence-corrected chi connectivity index (χ0v) is 21.2. The zero-order valence-electron chi connectivity index (χ0n) is 21.2. The van der Waals surface area contributed by atoms with E-state index >= 15 is 0 Å². The average molecular weight is 451 g/mol. The third kappa shape index (κ3) is 8.49. The number of methoxy groups -OCH3 is 1. The van der Waals surface area contributed by atoms with Crippen molar-refractivity contribution in [3.63, 3.8) is 0 Å². The van der Waals surface area contributed by atoms with Crippen molar-refractivity contribution in [3.05, 3.63) is 54.1 Å². The van der Waals surface area contributed by atoms with Crippen LogP contribution in [0.2, 0.25) is 0 Å². The van der Waals surface area contributed by atoms with Gasteiger partial charge in [-0.3, -0.25) is 0 Å². The Morgan fingerprint density at radius 3 is 2.12 bits per heavy atom. The standard InChI is InChI=1S/C31H46O2/c1-3-4-5-6-7-8-9-10-11-17-24-33-31-25-27(28-20-15-16-21-30(28)32-2)22-23-29(31)26-18-13-12-14-19-26/h12-14,18-19,22-23,25,28,30H,3-11,15-17,20-21,24H2,1-2H3/t28-,30+/m1/s1. The molecule has 3 rings (SSSR count). The Morgan fingerprint density at radius 2 is 1.42 bits per heavy atom. The summed E-state index contributed by atoms with van der Waals surface area (Å²) < 4.78 is 12.3. The summed E-state index contributed by atoms with van der Waals surface area (Å²) in [6, 6.07) is 17.5. The van der Waals surface area contributed by atoms with Crippen molar-refractivity contribution in [2.75, 3.05) is 13.7 Å². The molecule has 1 saturated carbocycles. The quantitative estimate of drug-likeness (QED) is 0.252. The van der Waals surface area contributed by atoms with Crippen LogP contribution >= 0.6 is 0 Å². The lowest BCUT2D eigenvalue weighted by molar-refractivity contribution is 0.0523. The van der Waals surface area contributed by atoms with E-state index in [0.717, 1.165) is 25.2 Å². The van der Waals surface area contributed by atoms with Crippen molar-refractivity contribution in [1.29, 1.82) is 0 Å². The normalized spacial score (nSPS) is 18.4. The molecule has 33 heavy (non-hydrogen) atoms. The van der Waals surface area contributed by atoms with Gasteiger partial charge in [-0.05, 0) is 36.5 Å². The first-order valence-corrected chi connectivity index (χ1v) is 13.7. The van der Waals surface area contributed by atoms with Crippen LogP contribution in [0, 0.1) is 0 Å². The second kappa shape index (κ2) is 15.2. The highest BCUT2D eigenvalue weighted by Crippen LogP contribution is 2.39. The maximum absolute atomic E-state index is 6.42. The summed E-state index contributed by atoms with van der Waals surface area (Å²) in [4.78, 5) is 0. The summed E-state index contributed by atoms with van der Waals surface area (Å²) in [7, 11) is 1.87. The Kier molecular flexibility index (Phi) is 11.9. The van der Waals surface area contributed by atoms with Crippen LogP contribution < -0.4 is 4.74 Å².